The van der Waals surface area contributed by atoms with Crippen molar-refractivity contribution in [3.63, 3.8) is 0 Å². The van der Waals surface area contributed by atoms with Gasteiger partial charge in [0.25, 0.3) is 0 Å². The third-order valence-corrected chi connectivity index (χ3v) is 14.6. The highest BCUT2D eigenvalue weighted by Gasteiger charge is 2.69. The largest absolute Gasteiger partial charge is 0.504 e. The summed E-state index contributed by atoms with van der Waals surface area (Å²) in [6.45, 7) is 2.23. The molecule has 4 saturated carbocycles. The molecule has 2 bridgehead atoms. The van der Waals surface area contributed by atoms with Crippen LogP contribution in [0.4, 0.5) is 0 Å². The van der Waals surface area contributed by atoms with Gasteiger partial charge in [-0.1, -0.05) is 13.8 Å². The molecule has 8 N–H and O–H groups in total. The molecule has 2 heterocycles. The lowest BCUT2D eigenvalue weighted by Crippen LogP contribution is -2.64. The Balaban J connectivity index is 0.976. The van der Waals surface area contributed by atoms with Crippen LogP contribution in [0, 0.1) is 34.0 Å². The van der Waals surface area contributed by atoms with E-state index in [1.165, 1.54) is 25.3 Å². The second-order valence-corrected chi connectivity index (χ2v) is 17.6. The van der Waals surface area contributed by atoms with Crippen LogP contribution in [-0.2, 0) is 28.5 Å². The maximum atomic E-state index is 13.1. The van der Waals surface area contributed by atoms with Crippen molar-refractivity contribution in [2.24, 2.45) is 34.0 Å². The van der Waals surface area contributed by atoms with Crippen molar-refractivity contribution in [2.75, 3.05) is 33.5 Å². The maximum Gasteiger partial charge on any atom is 0.338 e. The number of aromatic hydroxyl groups is 1. The van der Waals surface area contributed by atoms with Gasteiger partial charge in [0.15, 0.2) is 29.7 Å². The third-order valence-electron chi connectivity index (χ3n) is 14.6. The highest BCUT2D eigenvalue weighted by atomic mass is 16.7. The maximum absolute atomic E-state index is 13.1. The Bertz CT molecular complexity index is 1590. The first-order chi connectivity index (χ1) is 26.0. The number of benzene rings is 1. The molecule has 4 aliphatic carbocycles. The van der Waals surface area contributed by atoms with Crippen LogP contribution < -0.4 is 4.74 Å². The minimum Gasteiger partial charge on any atom is -0.504 e. The number of hydrogen-bond acceptors (Lipinski definition) is 16. The summed E-state index contributed by atoms with van der Waals surface area (Å²) in [6.07, 6.45) is -4.82. The van der Waals surface area contributed by atoms with E-state index >= 15 is 0 Å². The normalized spacial score (nSPS) is 47.8. The van der Waals surface area contributed by atoms with Gasteiger partial charge in [-0.2, -0.15) is 0 Å². The van der Waals surface area contributed by atoms with Gasteiger partial charge in [-0.3, -0.25) is 0 Å². The molecule has 1 aromatic carbocycles. The molecule has 1 spiro atoms. The summed E-state index contributed by atoms with van der Waals surface area (Å²) in [5.41, 5.74) is -4.44. The van der Waals surface area contributed by atoms with E-state index < -0.39 is 91.6 Å². The zero-order chi connectivity index (χ0) is 39.7. The number of aliphatic hydroxyl groups is 7. The lowest BCUT2D eigenvalue weighted by Gasteiger charge is -2.64. The second kappa shape index (κ2) is 14.7. The fourth-order valence-electron chi connectivity index (χ4n) is 11.6. The quantitative estimate of drug-likeness (QED) is 0.0846. The summed E-state index contributed by atoms with van der Waals surface area (Å²) in [5, 5.41) is 85.9. The van der Waals surface area contributed by atoms with E-state index in [2.05, 4.69) is 6.92 Å². The standard InChI is InChI=1S/C39H56O16/c1-35-10-9-27(36(2,16-40)25(35)8-11-37-13-21(5-7-26(35)37)38(48,15-37)17-41)55-33-30(45)29(44)28(43)24(54-33)14-51-34-31(46)39(49,19-53-34)18-52-32(47)20-4-6-22(42)23(12-20)50-3/h4,6,12,16,21,24-31,33-34,41-46,48-49H,5,7-11,13-15,17-19H2,1-3H3/t21-,24-,25+,26+,27+,28-,29+,30-,31+,33+,34-,35-,36-,37+,38+,39-/m1/s1. The highest BCUT2D eigenvalue weighted by Crippen LogP contribution is 2.73. The molecule has 0 aromatic heterocycles. The van der Waals surface area contributed by atoms with Gasteiger partial charge in [0.05, 0.1) is 49.6 Å². The van der Waals surface area contributed by atoms with E-state index in [0.717, 1.165) is 44.8 Å². The number of phenolic OH excluding ortho intramolecular Hbond substituents is 1. The van der Waals surface area contributed by atoms with Crippen molar-refractivity contribution < 1.29 is 78.9 Å². The SMILES string of the molecule is COc1cc(C(=O)OC[C@@]2(O)CO[C@@H](OC[C@H]3O[C@@H](O[C@H]4CC[C@@]5(C)[C@@H]6CC[C@@H]7C[C@@]6(CC[C@@H]5[C@@]4(C)C=O)C[C@]7(O)CO)[C@H](O)[C@@H](O)[C@@H]3O)[C@@H]2O)ccc1O. The summed E-state index contributed by atoms with van der Waals surface area (Å²) >= 11 is 0. The Labute approximate surface area is 319 Å². The van der Waals surface area contributed by atoms with E-state index in [1.54, 1.807) is 0 Å². The molecule has 0 unspecified atom stereocenters. The lowest BCUT2D eigenvalue weighted by molar-refractivity contribution is -0.332. The Hall–Kier alpha value is -2.48. The Kier molecular flexibility index (Phi) is 10.9. The summed E-state index contributed by atoms with van der Waals surface area (Å²) in [5.74, 6) is -0.767. The predicted octanol–water partition coefficient (Wildman–Crippen LogP) is 0.160. The zero-order valence-corrected chi connectivity index (χ0v) is 31.5. The minimum absolute atomic E-state index is 0.0247. The Morgan fingerprint density at radius 2 is 1.73 bits per heavy atom. The van der Waals surface area contributed by atoms with Crippen molar-refractivity contribution in [3.8, 4) is 11.5 Å². The van der Waals surface area contributed by atoms with Crippen LogP contribution in [0.25, 0.3) is 0 Å². The van der Waals surface area contributed by atoms with Crippen molar-refractivity contribution in [1.29, 1.82) is 0 Å². The molecule has 16 heteroatoms. The molecule has 2 aliphatic heterocycles. The Morgan fingerprint density at radius 3 is 2.44 bits per heavy atom. The van der Waals surface area contributed by atoms with Crippen molar-refractivity contribution >= 4 is 12.3 Å². The first-order valence-corrected chi connectivity index (χ1v) is 19.3. The third kappa shape index (κ3) is 6.68. The molecular formula is C39H56O16. The number of ether oxygens (including phenoxy) is 6. The van der Waals surface area contributed by atoms with Gasteiger partial charge in [0, 0.05) is 0 Å². The average Bonchev–Trinajstić information content (AvgIpc) is 3.57. The highest BCUT2D eigenvalue weighted by molar-refractivity contribution is 5.90. The topological polar surface area (TPSA) is 251 Å². The van der Waals surface area contributed by atoms with Gasteiger partial charge in [-0.15, -0.1) is 0 Å². The van der Waals surface area contributed by atoms with Gasteiger partial charge >= 0.3 is 5.97 Å². The molecule has 6 aliphatic rings. The van der Waals surface area contributed by atoms with Gasteiger partial charge < -0.3 is 74.1 Å². The van der Waals surface area contributed by atoms with Crippen LogP contribution in [-0.4, -0.2) is 147 Å². The number of esters is 1. The van der Waals surface area contributed by atoms with E-state index in [1.807, 2.05) is 6.92 Å². The molecule has 16 nitrogen and oxygen atoms in total. The molecule has 6 fully saturated rings. The van der Waals surface area contributed by atoms with Gasteiger partial charge in [-0.25, -0.2) is 4.79 Å². The lowest BCUT2D eigenvalue weighted by atomic mass is 9.40. The van der Waals surface area contributed by atoms with Gasteiger partial charge in [0.2, 0.25) is 0 Å². The number of carbonyl (C=O) groups excluding carboxylic acids is 2. The molecular weight excluding hydrogens is 724 g/mol. The number of aliphatic hydroxyl groups excluding tert-OH is 5. The summed E-state index contributed by atoms with van der Waals surface area (Å²) in [4.78, 5) is 25.7. The Morgan fingerprint density at radius 1 is 0.964 bits per heavy atom. The number of carbonyl (C=O) groups is 2. The fourth-order valence-corrected chi connectivity index (χ4v) is 11.6. The molecule has 0 amide bonds. The van der Waals surface area contributed by atoms with Crippen molar-refractivity contribution in [2.45, 2.75) is 126 Å². The van der Waals surface area contributed by atoms with Crippen LogP contribution in [0.1, 0.15) is 75.6 Å². The number of fused-ring (bicyclic) bond motifs is 3. The van der Waals surface area contributed by atoms with Gasteiger partial charge in [-0.05, 0) is 98.1 Å². The summed E-state index contributed by atoms with van der Waals surface area (Å²) in [7, 11) is 1.31. The predicted molar refractivity (Wildman–Crippen MR) is 187 cm³/mol. The number of phenols is 1. The first-order valence-electron chi connectivity index (χ1n) is 19.3. The first kappa shape index (κ1) is 40.7. The molecule has 55 heavy (non-hydrogen) atoms. The molecule has 7 rings (SSSR count). The van der Waals surface area contributed by atoms with Crippen LogP contribution in [0.5, 0.6) is 11.5 Å². The summed E-state index contributed by atoms with van der Waals surface area (Å²) in [6, 6.07) is 3.79. The van der Waals surface area contributed by atoms with E-state index in [0.29, 0.717) is 12.8 Å². The zero-order valence-electron chi connectivity index (χ0n) is 31.5. The van der Waals surface area contributed by atoms with Gasteiger partial charge in [0.1, 0.15) is 43.4 Å². The van der Waals surface area contributed by atoms with E-state index in [4.69, 9.17) is 28.4 Å². The second-order valence-electron chi connectivity index (χ2n) is 17.6. The van der Waals surface area contributed by atoms with Crippen LogP contribution >= 0.6 is 0 Å². The van der Waals surface area contributed by atoms with E-state index in [-0.39, 0.29) is 52.3 Å². The molecule has 308 valence electrons. The summed E-state index contributed by atoms with van der Waals surface area (Å²) < 4.78 is 33.7. The molecule has 16 atom stereocenters. The number of methoxy groups -OCH3 is 1. The number of rotatable bonds is 11. The van der Waals surface area contributed by atoms with Crippen LogP contribution in [0.3, 0.4) is 0 Å². The molecule has 0 radical (unpaired) electrons. The van der Waals surface area contributed by atoms with E-state index in [9.17, 15) is 50.4 Å². The fraction of sp³-hybridized carbons (Fsp3) is 0.795. The molecule has 2 saturated heterocycles. The van der Waals surface area contributed by atoms with Crippen LogP contribution in [0.15, 0.2) is 18.2 Å². The average molecular weight is 781 g/mol. The minimum atomic E-state index is -2.07. The van der Waals surface area contributed by atoms with Crippen molar-refractivity contribution in [3.05, 3.63) is 23.8 Å². The number of hydrogen-bond donors (Lipinski definition) is 8. The smallest absolute Gasteiger partial charge is 0.338 e. The molecule has 1 aromatic rings. The van der Waals surface area contributed by atoms with Crippen molar-refractivity contribution in [1.82, 2.24) is 0 Å². The number of aldehydes is 1. The van der Waals surface area contributed by atoms with Crippen LogP contribution in [0.2, 0.25) is 0 Å². The monoisotopic (exact) mass is 780 g/mol.